The summed E-state index contributed by atoms with van der Waals surface area (Å²) in [5, 5.41) is 0. The predicted octanol–water partition coefficient (Wildman–Crippen LogP) is 2.64. The zero-order valence-electron chi connectivity index (χ0n) is 7.93. The van der Waals surface area contributed by atoms with Crippen LogP contribution in [0.3, 0.4) is 0 Å². The first-order valence-corrected chi connectivity index (χ1v) is 4.43. The first-order chi connectivity index (χ1) is 5.05. The first-order valence-electron chi connectivity index (χ1n) is 4.43. The van der Waals surface area contributed by atoms with E-state index in [-0.39, 0.29) is 0 Å². The molecule has 1 rings (SSSR count). The Morgan fingerprint density at radius 2 is 2.18 bits per heavy atom. The van der Waals surface area contributed by atoms with E-state index < -0.39 is 0 Å². The summed E-state index contributed by atoms with van der Waals surface area (Å²) in [6, 6.07) is 0.677. The normalized spacial score (nSPS) is 30.1. The van der Waals surface area contributed by atoms with Crippen LogP contribution in [0.1, 0.15) is 33.6 Å². The highest BCUT2D eigenvalue weighted by atomic mass is 15.1. The molecule has 0 N–H and O–H groups in total. The zero-order valence-corrected chi connectivity index (χ0v) is 7.93. The molecule has 0 amide bonds. The molecule has 1 fully saturated rings. The van der Waals surface area contributed by atoms with Crippen LogP contribution in [0, 0.1) is 5.41 Å². The van der Waals surface area contributed by atoms with Crippen molar-refractivity contribution in [3.05, 3.63) is 12.8 Å². The van der Waals surface area contributed by atoms with Crippen molar-refractivity contribution in [1.82, 2.24) is 4.90 Å². The zero-order chi connectivity index (χ0) is 8.48. The van der Waals surface area contributed by atoms with Gasteiger partial charge in [0.05, 0.1) is 0 Å². The summed E-state index contributed by atoms with van der Waals surface area (Å²) in [6.45, 7) is 12.0. The van der Waals surface area contributed by atoms with Crippen molar-refractivity contribution in [3.8, 4) is 0 Å². The van der Waals surface area contributed by atoms with Gasteiger partial charge in [-0.1, -0.05) is 20.4 Å². The number of piperidine rings is 1. The van der Waals surface area contributed by atoms with Gasteiger partial charge in [-0.3, -0.25) is 0 Å². The molecule has 1 heterocycles. The van der Waals surface area contributed by atoms with Crippen molar-refractivity contribution in [2.75, 3.05) is 6.54 Å². The molecule has 0 aromatic carbocycles. The molecule has 0 aromatic heterocycles. The van der Waals surface area contributed by atoms with E-state index in [0.717, 1.165) is 0 Å². The van der Waals surface area contributed by atoms with Crippen LogP contribution in [0.5, 0.6) is 0 Å². The van der Waals surface area contributed by atoms with Gasteiger partial charge in [-0.25, -0.2) is 0 Å². The maximum Gasteiger partial charge on any atom is 0.0260 e. The van der Waals surface area contributed by atoms with E-state index in [1.165, 1.54) is 19.4 Å². The van der Waals surface area contributed by atoms with Crippen LogP contribution < -0.4 is 0 Å². The summed E-state index contributed by atoms with van der Waals surface area (Å²) in [5.41, 5.74) is 0.541. The highest BCUT2D eigenvalue weighted by Crippen LogP contribution is 2.33. The molecule has 1 atom stereocenters. The third-order valence-corrected chi connectivity index (χ3v) is 2.70. The van der Waals surface area contributed by atoms with E-state index in [1.54, 1.807) is 0 Å². The van der Waals surface area contributed by atoms with E-state index in [0.29, 0.717) is 11.5 Å². The minimum atomic E-state index is 0.541. The van der Waals surface area contributed by atoms with Gasteiger partial charge in [0.15, 0.2) is 0 Å². The van der Waals surface area contributed by atoms with Crippen LogP contribution in [0.15, 0.2) is 12.8 Å². The van der Waals surface area contributed by atoms with Crippen molar-refractivity contribution in [1.29, 1.82) is 0 Å². The largest absolute Gasteiger partial charge is 0.375 e. The topological polar surface area (TPSA) is 3.24 Å². The second-order valence-electron chi connectivity index (χ2n) is 4.39. The fourth-order valence-electron chi connectivity index (χ4n) is 1.94. The molecule has 0 spiro atoms. The Kier molecular flexibility index (Phi) is 2.26. The molecule has 1 nitrogen and oxygen atoms in total. The van der Waals surface area contributed by atoms with Gasteiger partial charge in [0.1, 0.15) is 0 Å². The Morgan fingerprint density at radius 3 is 2.64 bits per heavy atom. The number of likely N-dealkylation sites (tertiary alicyclic amines) is 1. The highest BCUT2D eigenvalue weighted by molar-refractivity contribution is 4.88. The maximum atomic E-state index is 3.81. The van der Waals surface area contributed by atoms with E-state index in [9.17, 15) is 0 Å². The minimum Gasteiger partial charge on any atom is -0.375 e. The van der Waals surface area contributed by atoms with E-state index >= 15 is 0 Å². The monoisotopic (exact) mass is 153 g/mol. The van der Waals surface area contributed by atoms with Gasteiger partial charge >= 0.3 is 0 Å². The van der Waals surface area contributed by atoms with Crippen molar-refractivity contribution >= 4 is 0 Å². The van der Waals surface area contributed by atoms with Crippen molar-refractivity contribution in [2.24, 2.45) is 5.41 Å². The van der Waals surface area contributed by atoms with E-state index in [4.69, 9.17) is 0 Å². The highest BCUT2D eigenvalue weighted by Gasteiger charge is 2.28. The summed E-state index contributed by atoms with van der Waals surface area (Å²) in [5.74, 6) is 0. The Balaban J connectivity index is 2.54. The average molecular weight is 153 g/mol. The third-order valence-electron chi connectivity index (χ3n) is 2.70. The summed E-state index contributed by atoms with van der Waals surface area (Å²) in [7, 11) is 0. The fraction of sp³-hybridized carbons (Fsp3) is 0.800. The molecule has 1 saturated heterocycles. The van der Waals surface area contributed by atoms with Gasteiger partial charge in [-0.05, 0) is 31.4 Å². The van der Waals surface area contributed by atoms with Crippen LogP contribution in [0.2, 0.25) is 0 Å². The quantitative estimate of drug-likeness (QED) is 0.560. The molecular formula is C10H19N. The predicted molar refractivity (Wildman–Crippen MR) is 49.4 cm³/mol. The van der Waals surface area contributed by atoms with Crippen LogP contribution >= 0.6 is 0 Å². The van der Waals surface area contributed by atoms with Gasteiger partial charge in [-0.15, -0.1) is 0 Å². The molecule has 11 heavy (non-hydrogen) atoms. The van der Waals surface area contributed by atoms with Crippen molar-refractivity contribution in [2.45, 2.75) is 39.7 Å². The Morgan fingerprint density at radius 1 is 1.55 bits per heavy atom. The summed E-state index contributed by atoms with van der Waals surface area (Å²) < 4.78 is 0. The van der Waals surface area contributed by atoms with Gasteiger partial charge < -0.3 is 4.90 Å². The Bertz CT molecular complexity index is 149. The van der Waals surface area contributed by atoms with Gasteiger partial charge in [0.25, 0.3) is 0 Å². The number of hydrogen-bond donors (Lipinski definition) is 0. The molecule has 0 radical (unpaired) electrons. The molecule has 64 valence electrons. The average Bonchev–Trinajstić information content (AvgIpc) is 1.86. The summed E-state index contributed by atoms with van der Waals surface area (Å²) in [6.07, 6.45) is 4.56. The molecular weight excluding hydrogens is 134 g/mol. The van der Waals surface area contributed by atoms with Crippen LogP contribution in [-0.4, -0.2) is 17.5 Å². The van der Waals surface area contributed by atoms with Gasteiger partial charge in [0.2, 0.25) is 0 Å². The van der Waals surface area contributed by atoms with Crippen molar-refractivity contribution < 1.29 is 0 Å². The third kappa shape index (κ3) is 1.98. The second-order valence-corrected chi connectivity index (χ2v) is 4.39. The lowest BCUT2D eigenvalue weighted by molar-refractivity contribution is 0.120. The SMILES string of the molecule is C=CN1CCC(C)(C)CC1C. The second kappa shape index (κ2) is 2.88. The lowest BCUT2D eigenvalue weighted by atomic mass is 9.79. The smallest absolute Gasteiger partial charge is 0.0260 e. The summed E-state index contributed by atoms with van der Waals surface area (Å²) in [4.78, 5) is 2.34. The molecule has 1 aliphatic rings. The van der Waals surface area contributed by atoms with Gasteiger partial charge in [-0.2, -0.15) is 0 Å². The Labute approximate surface area is 70.1 Å². The van der Waals surface area contributed by atoms with Crippen molar-refractivity contribution in [3.63, 3.8) is 0 Å². The van der Waals surface area contributed by atoms with Gasteiger partial charge in [0, 0.05) is 12.6 Å². The number of rotatable bonds is 1. The van der Waals surface area contributed by atoms with Crippen LogP contribution in [0.25, 0.3) is 0 Å². The fourth-order valence-corrected chi connectivity index (χ4v) is 1.94. The van der Waals surface area contributed by atoms with Crippen LogP contribution in [-0.2, 0) is 0 Å². The maximum absolute atomic E-state index is 3.81. The molecule has 0 aliphatic carbocycles. The summed E-state index contributed by atoms with van der Waals surface area (Å²) >= 11 is 0. The van der Waals surface area contributed by atoms with E-state index in [2.05, 4.69) is 32.3 Å². The van der Waals surface area contributed by atoms with Crippen LogP contribution in [0.4, 0.5) is 0 Å². The standard InChI is InChI=1S/C10H19N/c1-5-11-7-6-10(3,4)8-9(11)2/h5,9H,1,6-8H2,2-4H3. The molecule has 0 saturated carbocycles. The van der Waals surface area contributed by atoms with E-state index in [1.807, 2.05) is 6.20 Å². The molecule has 0 aromatic rings. The Hall–Kier alpha value is -0.460. The molecule has 1 aliphatic heterocycles. The number of hydrogen-bond acceptors (Lipinski definition) is 1. The minimum absolute atomic E-state index is 0.541. The first kappa shape index (κ1) is 8.63. The lowest BCUT2D eigenvalue weighted by Gasteiger charge is -2.41. The molecule has 1 unspecified atom stereocenters. The molecule has 1 heteroatoms. The number of nitrogens with zero attached hydrogens (tertiary/aromatic N) is 1. The lowest BCUT2D eigenvalue weighted by Crippen LogP contribution is -2.40. The molecule has 0 bridgehead atoms.